The second-order valence-corrected chi connectivity index (χ2v) is 9.49. The van der Waals surface area contributed by atoms with Crippen molar-refractivity contribution in [1.82, 2.24) is 0 Å². The molecule has 0 saturated heterocycles. The van der Waals surface area contributed by atoms with Crippen LogP contribution in [0.5, 0.6) is 0 Å². The highest BCUT2D eigenvalue weighted by atomic mass is 35.5. The number of thiophene rings is 1. The Hall–Kier alpha value is -4.40. The molecule has 0 spiro atoms. The predicted molar refractivity (Wildman–Crippen MR) is 146 cm³/mol. The number of benzene rings is 3. The number of nitrogens with one attached hydrogen (secondary N) is 1. The Morgan fingerprint density at radius 3 is 2.34 bits per heavy atom. The topological polar surface area (TPSA) is 94.8 Å². The van der Waals surface area contributed by atoms with Crippen molar-refractivity contribution in [2.75, 3.05) is 12.4 Å². The number of furan rings is 1. The molecule has 7 nitrogen and oxygen atoms in total. The number of carbonyl (C=O) groups excluding carboxylic acids is 3. The Labute approximate surface area is 226 Å². The number of hydrogen-bond acceptors (Lipinski definition) is 7. The zero-order valence-electron chi connectivity index (χ0n) is 20.0. The molecule has 0 saturated carbocycles. The van der Waals surface area contributed by atoms with Crippen molar-refractivity contribution in [3.8, 4) is 10.4 Å². The fraction of sp³-hybridized carbons (Fsp3) is 0.0690. The van der Waals surface area contributed by atoms with Crippen LogP contribution in [0.3, 0.4) is 0 Å². The number of halogens is 1. The molecule has 38 heavy (non-hydrogen) atoms. The first-order valence-electron chi connectivity index (χ1n) is 11.5. The van der Waals surface area contributed by atoms with Crippen molar-refractivity contribution in [2.24, 2.45) is 0 Å². The maximum absolute atomic E-state index is 13.5. The van der Waals surface area contributed by atoms with Crippen molar-refractivity contribution < 1.29 is 28.3 Å². The molecule has 0 aliphatic rings. The molecule has 9 heteroatoms. The van der Waals surface area contributed by atoms with E-state index in [0.717, 1.165) is 11.1 Å². The third-order valence-electron chi connectivity index (χ3n) is 5.75. The van der Waals surface area contributed by atoms with E-state index in [2.05, 4.69) is 5.32 Å². The number of fused-ring (bicyclic) bond motifs is 1. The lowest BCUT2D eigenvalue weighted by Crippen LogP contribution is -2.17. The smallest absolute Gasteiger partial charge is 0.343 e. The summed E-state index contributed by atoms with van der Waals surface area (Å²) in [5.41, 5.74) is 2.29. The fourth-order valence-electron chi connectivity index (χ4n) is 3.95. The van der Waals surface area contributed by atoms with Crippen LogP contribution in [-0.2, 0) is 16.1 Å². The molecule has 190 valence electrons. The van der Waals surface area contributed by atoms with Crippen LogP contribution in [0.15, 0.2) is 88.7 Å². The van der Waals surface area contributed by atoms with Crippen LogP contribution in [0.1, 0.15) is 36.8 Å². The molecule has 5 rings (SSSR count). The third-order valence-corrected chi connectivity index (χ3v) is 7.03. The van der Waals surface area contributed by atoms with Gasteiger partial charge in [0.1, 0.15) is 23.3 Å². The van der Waals surface area contributed by atoms with Gasteiger partial charge >= 0.3 is 11.9 Å². The summed E-state index contributed by atoms with van der Waals surface area (Å²) in [4.78, 5) is 39.9. The largest absolute Gasteiger partial charge is 0.465 e. The van der Waals surface area contributed by atoms with Crippen LogP contribution in [-0.4, -0.2) is 25.0 Å². The number of ether oxygens (including phenoxy) is 2. The first-order valence-corrected chi connectivity index (χ1v) is 12.7. The third kappa shape index (κ3) is 5.04. The minimum atomic E-state index is -0.710. The van der Waals surface area contributed by atoms with Gasteiger partial charge in [0.25, 0.3) is 5.91 Å². The van der Waals surface area contributed by atoms with Crippen LogP contribution in [0.2, 0.25) is 5.02 Å². The minimum absolute atomic E-state index is 0.00167. The normalized spacial score (nSPS) is 10.8. The Kier molecular flexibility index (Phi) is 7.26. The average Bonchev–Trinajstić information content (AvgIpc) is 3.54. The number of esters is 2. The molecule has 0 bridgehead atoms. The van der Waals surface area contributed by atoms with E-state index in [9.17, 15) is 14.4 Å². The van der Waals surface area contributed by atoms with E-state index in [4.69, 9.17) is 25.5 Å². The maximum Gasteiger partial charge on any atom is 0.343 e. The van der Waals surface area contributed by atoms with E-state index in [1.54, 1.807) is 53.9 Å². The van der Waals surface area contributed by atoms with E-state index < -0.39 is 17.8 Å². The van der Waals surface area contributed by atoms with Crippen molar-refractivity contribution in [3.05, 3.63) is 112 Å². The van der Waals surface area contributed by atoms with E-state index >= 15 is 0 Å². The van der Waals surface area contributed by atoms with Gasteiger partial charge < -0.3 is 19.2 Å². The van der Waals surface area contributed by atoms with Gasteiger partial charge in [0.15, 0.2) is 0 Å². The van der Waals surface area contributed by atoms with Gasteiger partial charge in [-0.1, -0.05) is 72.3 Å². The Morgan fingerprint density at radius 1 is 0.895 bits per heavy atom. The first kappa shape index (κ1) is 25.3. The van der Waals surface area contributed by atoms with Crippen molar-refractivity contribution in [2.45, 2.75) is 6.61 Å². The predicted octanol–water partition coefficient (Wildman–Crippen LogP) is 7.21. The molecule has 0 unspecified atom stereocenters. The lowest BCUT2D eigenvalue weighted by molar-refractivity contribution is 0.0469. The van der Waals surface area contributed by atoms with Crippen LogP contribution in [0, 0.1) is 0 Å². The van der Waals surface area contributed by atoms with Gasteiger partial charge in [-0.25, -0.2) is 9.59 Å². The molecule has 0 radical (unpaired) electrons. The van der Waals surface area contributed by atoms with E-state index in [1.165, 1.54) is 18.4 Å². The zero-order valence-corrected chi connectivity index (χ0v) is 21.6. The molecule has 0 aliphatic heterocycles. The highest BCUT2D eigenvalue weighted by molar-refractivity contribution is 7.14. The molecule has 2 aromatic heterocycles. The molecule has 3 aromatic carbocycles. The summed E-state index contributed by atoms with van der Waals surface area (Å²) in [6.45, 7) is 0.0295. The highest BCUT2D eigenvalue weighted by Gasteiger charge is 2.29. The number of hydrogen-bond donors (Lipinski definition) is 1. The number of rotatable bonds is 7. The van der Waals surface area contributed by atoms with Crippen molar-refractivity contribution in [3.63, 3.8) is 0 Å². The summed E-state index contributed by atoms with van der Waals surface area (Å²) in [6, 6.07) is 23.0. The van der Waals surface area contributed by atoms with Gasteiger partial charge in [0, 0.05) is 15.8 Å². The monoisotopic (exact) mass is 545 g/mol. The second kappa shape index (κ2) is 10.9. The van der Waals surface area contributed by atoms with Gasteiger partial charge in [0.05, 0.1) is 17.7 Å². The first-order chi connectivity index (χ1) is 18.5. The van der Waals surface area contributed by atoms with Gasteiger partial charge in [-0.15, -0.1) is 11.3 Å². The van der Waals surface area contributed by atoms with Gasteiger partial charge in [-0.05, 0) is 29.3 Å². The quantitative estimate of drug-likeness (QED) is 0.217. The fourth-order valence-corrected chi connectivity index (χ4v) is 5.07. The highest BCUT2D eigenvalue weighted by Crippen LogP contribution is 2.38. The zero-order chi connectivity index (χ0) is 26.6. The molecule has 1 N–H and O–H groups in total. The van der Waals surface area contributed by atoms with Crippen LogP contribution >= 0.6 is 22.9 Å². The number of carbonyl (C=O) groups is 3. The van der Waals surface area contributed by atoms with Crippen molar-refractivity contribution in [1.29, 1.82) is 0 Å². The molecule has 0 fully saturated rings. The van der Waals surface area contributed by atoms with E-state index in [1.807, 2.05) is 30.3 Å². The van der Waals surface area contributed by atoms with Crippen LogP contribution in [0.25, 0.3) is 21.4 Å². The Morgan fingerprint density at radius 2 is 1.61 bits per heavy atom. The Bertz CT molecular complexity index is 1640. The van der Waals surface area contributed by atoms with Crippen LogP contribution in [0.4, 0.5) is 5.69 Å². The summed E-state index contributed by atoms with van der Waals surface area (Å²) >= 11 is 7.26. The molecular weight excluding hydrogens is 526 g/mol. The van der Waals surface area contributed by atoms with Crippen LogP contribution < -0.4 is 5.32 Å². The molecule has 1 amide bonds. The SMILES string of the molecule is COC(=O)c1c(NC(=O)c2oc3ccccc3c2C(=O)OCc2ccccc2)csc1-c1ccc(Cl)cc1. The van der Waals surface area contributed by atoms with Crippen molar-refractivity contribution >= 4 is 57.4 Å². The van der Waals surface area contributed by atoms with E-state index in [-0.39, 0.29) is 29.2 Å². The summed E-state index contributed by atoms with van der Waals surface area (Å²) in [6.07, 6.45) is 0. The van der Waals surface area contributed by atoms with E-state index in [0.29, 0.717) is 20.9 Å². The summed E-state index contributed by atoms with van der Waals surface area (Å²) in [5, 5.41) is 5.34. The molecule has 0 atom stereocenters. The van der Waals surface area contributed by atoms with Gasteiger partial charge in [-0.3, -0.25) is 4.79 Å². The number of amides is 1. The molecular formula is C29H20ClNO6S. The number of anilines is 1. The maximum atomic E-state index is 13.5. The van der Waals surface area contributed by atoms with Gasteiger partial charge in [0.2, 0.25) is 5.76 Å². The lowest BCUT2D eigenvalue weighted by Gasteiger charge is -2.08. The second-order valence-electron chi connectivity index (χ2n) is 8.17. The van der Waals surface area contributed by atoms with Gasteiger partial charge in [-0.2, -0.15) is 0 Å². The summed E-state index contributed by atoms with van der Waals surface area (Å²) in [5.74, 6) is -2.26. The molecule has 5 aromatic rings. The average molecular weight is 546 g/mol. The summed E-state index contributed by atoms with van der Waals surface area (Å²) in [7, 11) is 1.26. The number of para-hydroxylation sites is 1. The number of methoxy groups -OCH3 is 1. The minimum Gasteiger partial charge on any atom is -0.465 e. The molecule has 0 aliphatic carbocycles. The standard InChI is InChI=1S/C29H20ClNO6S/c1-35-28(33)24-21(16-38-26(24)18-11-13-19(30)14-12-18)31-27(32)25-23(20-9-5-6-10-22(20)37-25)29(34)36-15-17-7-3-2-4-8-17/h2-14,16H,15H2,1H3,(H,31,32). The Balaban J connectivity index is 1.49. The molecule has 2 heterocycles. The summed E-state index contributed by atoms with van der Waals surface area (Å²) < 4.78 is 16.3. The lowest BCUT2D eigenvalue weighted by atomic mass is 10.1.